The van der Waals surface area contributed by atoms with Crippen molar-refractivity contribution < 1.29 is 23.8 Å². The van der Waals surface area contributed by atoms with Gasteiger partial charge in [-0.3, -0.25) is 4.79 Å². The van der Waals surface area contributed by atoms with E-state index in [0.717, 1.165) is 5.56 Å². The Morgan fingerprint density at radius 1 is 1.16 bits per heavy atom. The fourth-order valence-corrected chi connectivity index (χ4v) is 2.41. The van der Waals surface area contributed by atoms with Crippen LogP contribution in [-0.4, -0.2) is 25.3 Å². The number of esters is 1. The number of ether oxygens (including phenoxy) is 3. The summed E-state index contributed by atoms with van der Waals surface area (Å²) in [6, 6.07) is 9.78. The van der Waals surface area contributed by atoms with Gasteiger partial charge >= 0.3 is 5.97 Å². The Hall–Kier alpha value is -2.93. The highest BCUT2D eigenvalue weighted by Crippen LogP contribution is 2.32. The number of hydrogen-bond donors (Lipinski definition) is 2. The standard InChI is InChI=1S/C17H15ClN2O5/c18-11-2-3-12(13(19)6-11)17(22)23-8-16(21)20-7-10-1-4-14-15(5-10)25-9-24-14/h1-6H,7-9,19H2,(H,20,21). The van der Waals surface area contributed by atoms with Gasteiger partial charge in [0.15, 0.2) is 18.1 Å². The van der Waals surface area contributed by atoms with Gasteiger partial charge in [0.2, 0.25) is 6.79 Å². The second-order valence-corrected chi connectivity index (χ2v) is 5.71. The molecule has 0 unspecified atom stereocenters. The van der Waals surface area contributed by atoms with Crippen molar-refractivity contribution in [2.75, 3.05) is 19.1 Å². The first-order chi connectivity index (χ1) is 12.0. The van der Waals surface area contributed by atoms with E-state index < -0.39 is 18.5 Å². The van der Waals surface area contributed by atoms with Crippen LogP contribution in [0.15, 0.2) is 36.4 Å². The van der Waals surface area contributed by atoms with Crippen LogP contribution < -0.4 is 20.5 Å². The summed E-state index contributed by atoms with van der Waals surface area (Å²) >= 11 is 5.77. The molecule has 3 N–H and O–H groups in total. The van der Waals surface area contributed by atoms with Crippen molar-refractivity contribution in [2.45, 2.75) is 6.54 Å². The zero-order chi connectivity index (χ0) is 17.8. The molecular weight excluding hydrogens is 348 g/mol. The van der Waals surface area contributed by atoms with E-state index in [1.165, 1.54) is 18.2 Å². The van der Waals surface area contributed by atoms with Crippen LogP contribution in [0.5, 0.6) is 11.5 Å². The van der Waals surface area contributed by atoms with Gasteiger partial charge in [0.25, 0.3) is 5.91 Å². The summed E-state index contributed by atoms with van der Waals surface area (Å²) in [5, 5.41) is 3.07. The Kier molecular flexibility index (Phi) is 4.95. The normalized spacial score (nSPS) is 11.9. The van der Waals surface area contributed by atoms with Crippen molar-refractivity contribution in [1.82, 2.24) is 5.32 Å². The molecule has 130 valence electrons. The van der Waals surface area contributed by atoms with Crippen LogP contribution in [0.1, 0.15) is 15.9 Å². The molecule has 1 amide bonds. The average molecular weight is 363 g/mol. The Morgan fingerprint density at radius 2 is 1.96 bits per heavy atom. The summed E-state index contributed by atoms with van der Waals surface area (Å²) in [6.45, 7) is 0.0521. The third-order valence-corrected chi connectivity index (χ3v) is 3.73. The molecule has 8 heteroatoms. The molecule has 3 rings (SSSR count). The largest absolute Gasteiger partial charge is 0.454 e. The fraction of sp³-hybridized carbons (Fsp3) is 0.176. The zero-order valence-electron chi connectivity index (χ0n) is 13.1. The minimum atomic E-state index is -0.688. The second-order valence-electron chi connectivity index (χ2n) is 5.27. The predicted molar refractivity (Wildman–Crippen MR) is 90.6 cm³/mol. The molecule has 0 bridgehead atoms. The van der Waals surface area contributed by atoms with Crippen LogP contribution in [-0.2, 0) is 16.1 Å². The summed E-state index contributed by atoms with van der Waals surface area (Å²) in [5.41, 5.74) is 6.89. The first-order valence-corrected chi connectivity index (χ1v) is 7.78. The molecule has 1 aliphatic rings. The number of rotatable bonds is 5. The van der Waals surface area contributed by atoms with Crippen molar-refractivity contribution in [1.29, 1.82) is 0 Å². The maximum absolute atomic E-state index is 11.9. The number of nitrogens with two attached hydrogens (primary N) is 1. The number of hydrogen-bond acceptors (Lipinski definition) is 6. The Balaban J connectivity index is 1.48. The van der Waals surface area contributed by atoms with Crippen molar-refractivity contribution >= 4 is 29.2 Å². The molecule has 0 saturated heterocycles. The Labute approximate surface area is 148 Å². The maximum atomic E-state index is 11.9. The lowest BCUT2D eigenvalue weighted by atomic mass is 10.2. The van der Waals surface area contributed by atoms with Gasteiger partial charge < -0.3 is 25.3 Å². The number of anilines is 1. The number of fused-ring (bicyclic) bond motifs is 1. The van der Waals surface area contributed by atoms with E-state index in [4.69, 9.17) is 31.5 Å². The number of benzene rings is 2. The van der Waals surface area contributed by atoms with Gasteiger partial charge in [0, 0.05) is 17.3 Å². The van der Waals surface area contributed by atoms with Gasteiger partial charge in [-0.1, -0.05) is 17.7 Å². The van der Waals surface area contributed by atoms with Gasteiger partial charge in [0.05, 0.1) is 5.56 Å². The molecule has 7 nitrogen and oxygen atoms in total. The Bertz CT molecular complexity index is 825. The van der Waals surface area contributed by atoms with Crippen LogP contribution in [0.2, 0.25) is 5.02 Å². The van der Waals surface area contributed by atoms with E-state index in [-0.39, 0.29) is 24.6 Å². The summed E-state index contributed by atoms with van der Waals surface area (Å²) in [4.78, 5) is 23.8. The van der Waals surface area contributed by atoms with E-state index in [0.29, 0.717) is 16.5 Å². The molecular formula is C17H15ClN2O5. The molecule has 0 atom stereocenters. The van der Waals surface area contributed by atoms with E-state index in [1.54, 1.807) is 12.1 Å². The number of amides is 1. The highest BCUT2D eigenvalue weighted by Gasteiger charge is 2.15. The fourth-order valence-electron chi connectivity index (χ4n) is 2.23. The summed E-state index contributed by atoms with van der Waals surface area (Å²) < 4.78 is 15.4. The van der Waals surface area contributed by atoms with E-state index >= 15 is 0 Å². The minimum Gasteiger partial charge on any atom is -0.454 e. The lowest BCUT2D eigenvalue weighted by Crippen LogP contribution is -2.28. The highest BCUT2D eigenvalue weighted by molar-refractivity contribution is 6.31. The minimum absolute atomic E-state index is 0.160. The molecule has 0 spiro atoms. The molecule has 0 aromatic heterocycles. The third kappa shape index (κ3) is 4.13. The first-order valence-electron chi connectivity index (χ1n) is 7.40. The number of halogens is 1. The quantitative estimate of drug-likeness (QED) is 0.624. The number of carbonyl (C=O) groups is 2. The van der Waals surface area contributed by atoms with Crippen molar-refractivity contribution in [2.24, 2.45) is 0 Å². The van der Waals surface area contributed by atoms with Crippen LogP contribution in [0.3, 0.4) is 0 Å². The van der Waals surface area contributed by atoms with E-state index in [2.05, 4.69) is 5.32 Å². The average Bonchev–Trinajstić information content (AvgIpc) is 3.05. The molecule has 0 fully saturated rings. The number of carbonyl (C=O) groups excluding carboxylic acids is 2. The topological polar surface area (TPSA) is 99.9 Å². The van der Waals surface area contributed by atoms with Gasteiger partial charge in [0.1, 0.15) is 0 Å². The van der Waals surface area contributed by atoms with Gasteiger partial charge in [-0.15, -0.1) is 0 Å². The van der Waals surface area contributed by atoms with Gasteiger partial charge in [-0.2, -0.15) is 0 Å². The smallest absolute Gasteiger partial charge is 0.340 e. The van der Waals surface area contributed by atoms with Crippen molar-refractivity contribution in [3.05, 3.63) is 52.5 Å². The summed E-state index contributed by atoms with van der Waals surface area (Å²) in [5.74, 6) is 0.187. The molecule has 0 aliphatic carbocycles. The number of nitrogens with one attached hydrogen (secondary N) is 1. The lowest BCUT2D eigenvalue weighted by Gasteiger charge is -2.08. The van der Waals surface area contributed by atoms with Gasteiger partial charge in [-0.05, 0) is 35.9 Å². The molecule has 1 aliphatic heterocycles. The van der Waals surface area contributed by atoms with Crippen molar-refractivity contribution in [3.63, 3.8) is 0 Å². The zero-order valence-corrected chi connectivity index (χ0v) is 13.8. The van der Waals surface area contributed by atoms with E-state index in [9.17, 15) is 9.59 Å². The second kappa shape index (κ2) is 7.31. The summed E-state index contributed by atoms with van der Waals surface area (Å²) in [7, 11) is 0. The van der Waals surface area contributed by atoms with E-state index in [1.807, 2.05) is 6.07 Å². The highest BCUT2D eigenvalue weighted by atomic mass is 35.5. The first kappa shape index (κ1) is 16.9. The monoisotopic (exact) mass is 362 g/mol. The van der Waals surface area contributed by atoms with Crippen LogP contribution in [0.25, 0.3) is 0 Å². The number of nitrogen functional groups attached to an aromatic ring is 1. The predicted octanol–water partition coefficient (Wildman–Crippen LogP) is 2.12. The maximum Gasteiger partial charge on any atom is 0.340 e. The Morgan fingerprint density at radius 3 is 2.76 bits per heavy atom. The van der Waals surface area contributed by atoms with Gasteiger partial charge in [-0.25, -0.2) is 4.79 Å². The van der Waals surface area contributed by atoms with Crippen LogP contribution in [0.4, 0.5) is 5.69 Å². The molecule has 2 aromatic rings. The van der Waals surface area contributed by atoms with Crippen molar-refractivity contribution in [3.8, 4) is 11.5 Å². The molecule has 2 aromatic carbocycles. The van der Waals surface area contributed by atoms with Crippen LogP contribution in [0, 0.1) is 0 Å². The molecule has 0 radical (unpaired) electrons. The van der Waals surface area contributed by atoms with Crippen LogP contribution >= 0.6 is 11.6 Å². The molecule has 25 heavy (non-hydrogen) atoms. The molecule has 0 saturated carbocycles. The third-order valence-electron chi connectivity index (χ3n) is 3.49. The SMILES string of the molecule is Nc1cc(Cl)ccc1C(=O)OCC(=O)NCc1ccc2c(c1)OCO2. The lowest BCUT2D eigenvalue weighted by molar-refractivity contribution is -0.124. The molecule has 1 heterocycles. The summed E-state index contributed by atoms with van der Waals surface area (Å²) in [6.07, 6.45) is 0.